The molecule has 71 heavy (non-hydrogen) atoms. The number of amides is 5. The molecular formula is C53H58N8O8S2. The van der Waals surface area contributed by atoms with Gasteiger partial charge in [-0.2, -0.15) is 0 Å². The van der Waals surface area contributed by atoms with Crippen LogP contribution in [0.3, 0.4) is 0 Å². The van der Waals surface area contributed by atoms with Crippen LogP contribution in [0.5, 0.6) is 11.5 Å². The summed E-state index contributed by atoms with van der Waals surface area (Å²) in [5.41, 5.74) is 8.96. The molecule has 4 atom stereocenters. The predicted molar refractivity (Wildman–Crippen MR) is 279 cm³/mol. The van der Waals surface area contributed by atoms with Crippen LogP contribution in [-0.4, -0.2) is 90.5 Å². The zero-order chi connectivity index (χ0) is 49.8. The van der Waals surface area contributed by atoms with E-state index in [0.717, 1.165) is 46.6 Å². The fourth-order valence-corrected chi connectivity index (χ4v) is 10.1. The summed E-state index contributed by atoms with van der Waals surface area (Å²) in [6.45, 7) is 4.42. The first-order chi connectivity index (χ1) is 34.2. The molecule has 0 spiro atoms. The number of carbonyl (C=O) groups excluding carboxylic acids is 5. The molecule has 0 aromatic heterocycles. The normalized spacial score (nSPS) is 17.7. The Morgan fingerprint density at radius 1 is 0.718 bits per heavy atom. The highest BCUT2D eigenvalue weighted by Crippen LogP contribution is 2.43. The lowest BCUT2D eigenvalue weighted by molar-refractivity contribution is -0.128. The minimum atomic E-state index is -0.839. The second kappa shape index (κ2) is 21.1. The first-order valence-corrected chi connectivity index (χ1v) is 26.3. The Balaban J connectivity index is 0.841. The van der Waals surface area contributed by atoms with Crippen LogP contribution in [0.4, 0.5) is 28.4 Å². The number of hydrogen-bond donors (Lipinski definition) is 7. The highest BCUT2D eigenvalue weighted by Gasteiger charge is 2.38. The Bertz CT molecular complexity index is 2910. The van der Waals surface area contributed by atoms with Gasteiger partial charge in [0.15, 0.2) is 6.23 Å². The summed E-state index contributed by atoms with van der Waals surface area (Å²) in [6.07, 6.45) is 3.53. The molecule has 5 aromatic carbocycles. The Morgan fingerprint density at radius 3 is 1.97 bits per heavy atom. The van der Waals surface area contributed by atoms with Gasteiger partial charge in [-0.3, -0.25) is 24.0 Å². The molecule has 7 N–H and O–H groups in total. The molecule has 5 amide bonds. The minimum Gasteiger partial charge on any atom is -0.489 e. The van der Waals surface area contributed by atoms with Crippen LogP contribution in [0.25, 0.3) is 0 Å². The molecule has 3 unspecified atom stereocenters. The van der Waals surface area contributed by atoms with E-state index in [1.807, 2.05) is 91.7 Å². The quantitative estimate of drug-likeness (QED) is 0.0640. The zero-order valence-corrected chi connectivity index (χ0v) is 41.5. The lowest BCUT2D eigenvalue weighted by atomic mass is 10.1. The number of anilines is 5. The lowest BCUT2D eigenvalue weighted by Crippen LogP contribution is -2.43. The maximum Gasteiger partial charge on any atom is 0.260 e. The van der Waals surface area contributed by atoms with Crippen molar-refractivity contribution in [3.63, 3.8) is 0 Å². The molecule has 0 radical (unpaired) electrons. The van der Waals surface area contributed by atoms with Crippen molar-refractivity contribution in [2.45, 2.75) is 75.8 Å². The van der Waals surface area contributed by atoms with Crippen molar-refractivity contribution in [1.29, 1.82) is 0 Å². The third-order valence-electron chi connectivity index (χ3n) is 13.5. The Labute approximate surface area is 419 Å². The van der Waals surface area contributed by atoms with Gasteiger partial charge in [-0.05, 0) is 102 Å². The maximum absolute atomic E-state index is 13.9. The Morgan fingerprint density at radius 2 is 1.28 bits per heavy atom. The standard InChI is InChI=1S/C53H58N8O8S2/c1-53(2,71(3)70)17-16-47(62)56-27-48(63)57-28-49(64)58-29-50(65)59-36-19-32(30-68-39-12-14-41-43(23-39)54-25-37-21-34-8-4-6-10-45(34)60(37)51(41)66)18-33(20-36)31-69-40-13-15-42-44(24-40)55-26-38-22-35-9-5-7-11-46(35)61(38)52(42)67/h4-15,18-20,23-24,37-38,51,54-55,66H,16-17,21-22,25-31H2,1-3H3,(H,56,62)(H,57,63)(H,58,64)(H,59,65)/t37-,38?,51?,71?/m0/s1. The fourth-order valence-electron chi connectivity index (χ4n) is 9.42. The molecule has 5 aromatic rings. The molecule has 4 heterocycles. The summed E-state index contributed by atoms with van der Waals surface area (Å²) < 4.78 is 12.5. The second-order valence-electron chi connectivity index (χ2n) is 18.9. The smallest absolute Gasteiger partial charge is 0.260 e. The summed E-state index contributed by atoms with van der Waals surface area (Å²) in [5.74, 6) is -0.873. The minimum absolute atomic E-state index is 0.00501. The number of benzene rings is 5. The molecule has 4 aliphatic heterocycles. The monoisotopic (exact) mass is 998 g/mol. The largest absolute Gasteiger partial charge is 0.489 e. The third kappa shape index (κ3) is 11.3. The molecule has 18 heteroatoms. The van der Waals surface area contributed by atoms with Gasteiger partial charge in [-0.1, -0.05) is 61.4 Å². The van der Waals surface area contributed by atoms with Crippen molar-refractivity contribution in [3.05, 3.63) is 137 Å². The SMILES string of the molecule is CS(=S)C(C)(C)CCC(=O)NCC(=O)NCC(=O)NCC(=O)Nc1cc(COc2ccc3c(c2)NCC2Cc4ccccc4N2C3=O)cc(COc2ccc3c(c2)NC[C@@H]2Cc4ccccc4N2C3O)c1. The van der Waals surface area contributed by atoms with Crippen LogP contribution in [0.15, 0.2) is 103 Å². The van der Waals surface area contributed by atoms with E-state index in [0.29, 0.717) is 53.5 Å². The van der Waals surface area contributed by atoms with E-state index in [2.05, 4.69) is 48.9 Å². The van der Waals surface area contributed by atoms with Gasteiger partial charge in [0, 0.05) is 64.7 Å². The van der Waals surface area contributed by atoms with E-state index in [4.69, 9.17) is 20.7 Å². The lowest BCUT2D eigenvalue weighted by Gasteiger charge is -2.30. The molecule has 370 valence electrons. The topological polar surface area (TPSA) is 203 Å². The van der Waals surface area contributed by atoms with Crippen molar-refractivity contribution in [1.82, 2.24) is 16.0 Å². The highest BCUT2D eigenvalue weighted by atomic mass is 32.8. The highest BCUT2D eigenvalue weighted by molar-refractivity contribution is 8.29. The molecule has 9 rings (SSSR count). The van der Waals surface area contributed by atoms with Crippen molar-refractivity contribution >= 4 is 78.6 Å². The van der Waals surface area contributed by atoms with E-state index in [1.165, 1.54) is 5.56 Å². The number of aliphatic hydroxyl groups is 1. The van der Waals surface area contributed by atoms with E-state index < -0.39 is 23.9 Å². The maximum atomic E-state index is 13.9. The van der Waals surface area contributed by atoms with Gasteiger partial charge in [0.25, 0.3) is 5.91 Å². The number of nitrogens with one attached hydrogen (secondary N) is 6. The van der Waals surface area contributed by atoms with Crippen LogP contribution in [0.1, 0.15) is 71.1 Å². The van der Waals surface area contributed by atoms with E-state index in [-0.39, 0.29) is 77.4 Å². The van der Waals surface area contributed by atoms with Crippen molar-refractivity contribution in [3.8, 4) is 11.5 Å². The molecule has 4 aliphatic rings. The van der Waals surface area contributed by atoms with Crippen molar-refractivity contribution in [2.24, 2.45) is 0 Å². The number of fused-ring (bicyclic) bond motifs is 8. The second-order valence-corrected chi connectivity index (χ2v) is 22.4. The number of rotatable bonds is 17. The summed E-state index contributed by atoms with van der Waals surface area (Å²) in [6, 6.07) is 32.7. The summed E-state index contributed by atoms with van der Waals surface area (Å²) >= 11 is 5.37. The van der Waals surface area contributed by atoms with Crippen LogP contribution in [0, 0.1) is 0 Å². The molecule has 0 aliphatic carbocycles. The zero-order valence-electron chi connectivity index (χ0n) is 39.8. The third-order valence-corrected chi connectivity index (χ3v) is 16.6. The van der Waals surface area contributed by atoms with Crippen molar-refractivity contribution < 1.29 is 38.6 Å². The average Bonchev–Trinajstić information content (AvgIpc) is 3.85. The number of carbonyl (C=O) groups is 5. The molecular weight excluding hydrogens is 941 g/mol. The molecule has 0 bridgehead atoms. The number of hydrogen-bond acceptors (Lipinski definition) is 12. The summed E-state index contributed by atoms with van der Waals surface area (Å²) in [5, 5.41) is 29.0. The molecule has 0 saturated carbocycles. The van der Waals surface area contributed by atoms with Gasteiger partial charge in [0.1, 0.15) is 24.7 Å². The Hall–Kier alpha value is -7.02. The van der Waals surface area contributed by atoms with Gasteiger partial charge in [-0.15, -0.1) is 9.45 Å². The molecule has 0 fully saturated rings. The van der Waals surface area contributed by atoms with E-state index >= 15 is 0 Å². The van der Waals surface area contributed by atoms with Gasteiger partial charge in [0.2, 0.25) is 23.6 Å². The molecule has 0 saturated heterocycles. The van der Waals surface area contributed by atoms with Gasteiger partial charge < -0.3 is 56.3 Å². The first-order valence-electron chi connectivity index (χ1n) is 23.7. The predicted octanol–water partition coefficient (Wildman–Crippen LogP) is 5.25. The van der Waals surface area contributed by atoms with Crippen LogP contribution in [-0.2, 0) is 65.9 Å². The van der Waals surface area contributed by atoms with Crippen LogP contribution >= 0.6 is 0 Å². The van der Waals surface area contributed by atoms with Crippen molar-refractivity contribution in [2.75, 3.05) is 64.7 Å². The van der Waals surface area contributed by atoms with Crippen LogP contribution < -0.4 is 51.2 Å². The van der Waals surface area contributed by atoms with Gasteiger partial charge in [-0.25, -0.2) is 0 Å². The summed E-state index contributed by atoms with van der Waals surface area (Å²) in [7, 11) is -0.290. The first kappa shape index (κ1) is 49.0. The Kier molecular flexibility index (Phi) is 14.6. The fraction of sp³-hybridized carbons (Fsp3) is 0.340. The number of aliphatic hydroxyl groups excluding tert-OH is 1. The summed E-state index contributed by atoms with van der Waals surface area (Å²) in [4.78, 5) is 68.4. The van der Waals surface area contributed by atoms with Gasteiger partial charge in [0.05, 0.1) is 43.0 Å². The average molecular weight is 999 g/mol. The molecule has 16 nitrogen and oxygen atoms in total. The van der Waals surface area contributed by atoms with E-state index in [1.54, 1.807) is 24.3 Å². The van der Waals surface area contributed by atoms with E-state index in [9.17, 15) is 29.1 Å². The van der Waals surface area contributed by atoms with Gasteiger partial charge >= 0.3 is 0 Å². The number of para-hydroxylation sites is 2. The van der Waals surface area contributed by atoms with Crippen LogP contribution in [0.2, 0.25) is 0 Å². The number of nitrogens with zero attached hydrogens (tertiary/aromatic N) is 2. The number of ether oxygens (including phenoxy) is 2.